The third kappa shape index (κ3) is 2.31. The first-order valence-corrected chi connectivity index (χ1v) is 5.43. The van der Waals surface area contributed by atoms with Gasteiger partial charge in [0.2, 0.25) is 5.91 Å². The molecule has 16 heavy (non-hydrogen) atoms. The molecular weight excluding hydrogens is 200 g/mol. The van der Waals surface area contributed by atoms with Crippen molar-refractivity contribution in [1.82, 2.24) is 4.90 Å². The Kier molecular flexibility index (Phi) is 3.06. The summed E-state index contributed by atoms with van der Waals surface area (Å²) in [6.45, 7) is 3.79. The van der Waals surface area contributed by atoms with Crippen molar-refractivity contribution in [2.75, 3.05) is 12.4 Å². The van der Waals surface area contributed by atoms with Crippen LogP contribution in [-0.4, -0.2) is 17.9 Å². The zero-order chi connectivity index (χ0) is 11.5. The molecule has 0 fully saturated rings. The Balaban J connectivity index is 2.13. The van der Waals surface area contributed by atoms with Crippen molar-refractivity contribution < 1.29 is 4.79 Å². The standard InChI is InChI=1S/C13H16N2O/c1-3-4-13(16)14-12-6-5-10-8-15(2)9-11(10)7-12/h3-7H,8-9H2,1-2H3,(H,14,16)/b4-3+. The summed E-state index contributed by atoms with van der Waals surface area (Å²) in [6, 6.07) is 6.10. The molecule has 3 heteroatoms. The van der Waals surface area contributed by atoms with Gasteiger partial charge < -0.3 is 5.32 Å². The number of hydrogen-bond donors (Lipinski definition) is 1. The van der Waals surface area contributed by atoms with Crippen molar-refractivity contribution in [3.8, 4) is 0 Å². The van der Waals surface area contributed by atoms with Gasteiger partial charge in [0.1, 0.15) is 0 Å². The van der Waals surface area contributed by atoms with E-state index in [1.54, 1.807) is 6.08 Å². The third-order valence-electron chi connectivity index (χ3n) is 2.67. The first kappa shape index (κ1) is 10.9. The molecule has 0 spiro atoms. The lowest BCUT2D eigenvalue weighted by molar-refractivity contribution is -0.111. The van der Waals surface area contributed by atoms with Gasteiger partial charge in [-0.1, -0.05) is 12.1 Å². The minimum atomic E-state index is -0.0752. The van der Waals surface area contributed by atoms with Crippen molar-refractivity contribution in [3.63, 3.8) is 0 Å². The van der Waals surface area contributed by atoms with Crippen LogP contribution < -0.4 is 5.32 Å². The molecule has 0 saturated carbocycles. The molecule has 0 atom stereocenters. The summed E-state index contributed by atoms with van der Waals surface area (Å²) >= 11 is 0. The van der Waals surface area contributed by atoms with Crippen molar-refractivity contribution in [2.24, 2.45) is 0 Å². The van der Waals surface area contributed by atoms with Crippen LogP contribution in [0, 0.1) is 0 Å². The Hall–Kier alpha value is -1.61. The predicted octanol–water partition coefficient (Wildman–Crippen LogP) is 2.15. The van der Waals surface area contributed by atoms with E-state index in [1.807, 2.05) is 13.0 Å². The van der Waals surface area contributed by atoms with E-state index in [-0.39, 0.29) is 5.91 Å². The molecule has 1 aliphatic rings. The van der Waals surface area contributed by atoms with Gasteiger partial charge in [0, 0.05) is 18.8 Å². The SMILES string of the molecule is C/C=C/C(=O)Nc1ccc2c(c1)CN(C)C2. The molecule has 0 bridgehead atoms. The van der Waals surface area contributed by atoms with Crippen LogP contribution in [0.25, 0.3) is 0 Å². The van der Waals surface area contributed by atoms with E-state index in [2.05, 4.69) is 29.4 Å². The fraction of sp³-hybridized carbons (Fsp3) is 0.308. The summed E-state index contributed by atoms with van der Waals surface area (Å²) in [5.41, 5.74) is 3.53. The molecule has 1 aromatic rings. The summed E-state index contributed by atoms with van der Waals surface area (Å²) < 4.78 is 0. The predicted molar refractivity (Wildman–Crippen MR) is 65.1 cm³/mol. The van der Waals surface area contributed by atoms with E-state index in [0.29, 0.717) is 0 Å². The van der Waals surface area contributed by atoms with Crippen molar-refractivity contribution in [1.29, 1.82) is 0 Å². The lowest BCUT2D eigenvalue weighted by Gasteiger charge is -2.04. The maximum absolute atomic E-state index is 11.4. The second kappa shape index (κ2) is 4.49. The number of rotatable bonds is 2. The normalized spacial score (nSPS) is 15.4. The van der Waals surface area contributed by atoms with Crippen LogP contribution >= 0.6 is 0 Å². The molecule has 0 aliphatic carbocycles. The minimum Gasteiger partial charge on any atom is -0.323 e. The quantitative estimate of drug-likeness (QED) is 0.768. The summed E-state index contributed by atoms with van der Waals surface area (Å²) in [6.07, 6.45) is 3.26. The molecule has 3 nitrogen and oxygen atoms in total. The molecule has 1 N–H and O–H groups in total. The average Bonchev–Trinajstić information content (AvgIpc) is 2.57. The smallest absolute Gasteiger partial charge is 0.248 e. The Morgan fingerprint density at radius 3 is 2.88 bits per heavy atom. The maximum Gasteiger partial charge on any atom is 0.248 e. The van der Waals surface area contributed by atoms with Gasteiger partial charge in [-0.3, -0.25) is 9.69 Å². The molecule has 0 unspecified atom stereocenters. The number of hydrogen-bond acceptors (Lipinski definition) is 2. The number of anilines is 1. The Morgan fingerprint density at radius 1 is 1.38 bits per heavy atom. The molecule has 2 rings (SSSR count). The fourth-order valence-electron chi connectivity index (χ4n) is 1.98. The highest BCUT2D eigenvalue weighted by molar-refractivity contribution is 5.99. The summed E-state index contributed by atoms with van der Waals surface area (Å²) in [5.74, 6) is -0.0752. The number of amides is 1. The first-order chi connectivity index (χ1) is 7.69. The van der Waals surface area contributed by atoms with Crippen molar-refractivity contribution in [2.45, 2.75) is 20.0 Å². The van der Waals surface area contributed by atoms with Gasteiger partial charge in [-0.2, -0.15) is 0 Å². The number of nitrogens with one attached hydrogen (secondary N) is 1. The Bertz CT molecular complexity index is 438. The molecular formula is C13H16N2O. The molecule has 1 amide bonds. The second-order valence-electron chi connectivity index (χ2n) is 4.15. The van der Waals surface area contributed by atoms with E-state index in [4.69, 9.17) is 0 Å². The molecule has 0 radical (unpaired) electrons. The fourth-order valence-corrected chi connectivity index (χ4v) is 1.98. The van der Waals surface area contributed by atoms with Crippen LogP contribution in [0.4, 0.5) is 5.69 Å². The number of fused-ring (bicyclic) bond motifs is 1. The van der Waals surface area contributed by atoms with Gasteiger partial charge in [0.05, 0.1) is 0 Å². The second-order valence-corrected chi connectivity index (χ2v) is 4.15. The number of carbonyl (C=O) groups is 1. The number of allylic oxidation sites excluding steroid dienone is 1. The first-order valence-electron chi connectivity index (χ1n) is 5.43. The average molecular weight is 216 g/mol. The summed E-state index contributed by atoms with van der Waals surface area (Å²) in [4.78, 5) is 13.6. The van der Waals surface area contributed by atoms with E-state index in [0.717, 1.165) is 18.8 Å². The van der Waals surface area contributed by atoms with Gasteiger partial charge in [-0.15, -0.1) is 0 Å². The lowest BCUT2D eigenvalue weighted by atomic mass is 10.1. The van der Waals surface area contributed by atoms with Gasteiger partial charge in [-0.25, -0.2) is 0 Å². The minimum absolute atomic E-state index is 0.0752. The molecule has 0 aromatic heterocycles. The van der Waals surface area contributed by atoms with Crippen LogP contribution in [0.3, 0.4) is 0 Å². The van der Waals surface area contributed by atoms with Crippen LogP contribution in [0.1, 0.15) is 18.1 Å². The van der Waals surface area contributed by atoms with E-state index in [1.165, 1.54) is 17.2 Å². The largest absolute Gasteiger partial charge is 0.323 e. The molecule has 84 valence electrons. The molecule has 1 aromatic carbocycles. The van der Waals surface area contributed by atoms with E-state index >= 15 is 0 Å². The molecule has 1 aliphatic heterocycles. The Morgan fingerprint density at radius 2 is 2.12 bits per heavy atom. The van der Waals surface area contributed by atoms with Gasteiger partial charge in [0.25, 0.3) is 0 Å². The van der Waals surface area contributed by atoms with Gasteiger partial charge >= 0.3 is 0 Å². The van der Waals surface area contributed by atoms with E-state index < -0.39 is 0 Å². The van der Waals surface area contributed by atoms with Crippen molar-refractivity contribution >= 4 is 11.6 Å². The monoisotopic (exact) mass is 216 g/mol. The zero-order valence-electron chi connectivity index (χ0n) is 9.66. The van der Waals surface area contributed by atoms with E-state index in [9.17, 15) is 4.79 Å². The highest BCUT2D eigenvalue weighted by atomic mass is 16.1. The van der Waals surface area contributed by atoms with Crippen molar-refractivity contribution in [3.05, 3.63) is 41.5 Å². The third-order valence-corrected chi connectivity index (χ3v) is 2.67. The number of nitrogens with zero attached hydrogens (tertiary/aromatic N) is 1. The topological polar surface area (TPSA) is 32.3 Å². The summed E-state index contributed by atoms with van der Waals surface area (Å²) in [7, 11) is 2.10. The Labute approximate surface area is 95.8 Å². The van der Waals surface area contributed by atoms with Crippen LogP contribution in [0.5, 0.6) is 0 Å². The van der Waals surface area contributed by atoms with Crippen LogP contribution in [0.15, 0.2) is 30.4 Å². The highest BCUT2D eigenvalue weighted by Crippen LogP contribution is 2.24. The van der Waals surface area contributed by atoms with Gasteiger partial charge in [-0.05, 0) is 43.3 Å². The molecule has 0 saturated heterocycles. The molecule has 1 heterocycles. The lowest BCUT2D eigenvalue weighted by Crippen LogP contribution is -2.08. The van der Waals surface area contributed by atoms with Crippen LogP contribution in [0.2, 0.25) is 0 Å². The number of benzene rings is 1. The maximum atomic E-state index is 11.4. The zero-order valence-corrected chi connectivity index (χ0v) is 9.66. The summed E-state index contributed by atoms with van der Waals surface area (Å²) in [5, 5.41) is 2.84. The van der Waals surface area contributed by atoms with Gasteiger partial charge in [0.15, 0.2) is 0 Å². The highest BCUT2D eigenvalue weighted by Gasteiger charge is 2.15. The number of carbonyl (C=O) groups excluding carboxylic acids is 1. The van der Waals surface area contributed by atoms with Crippen LogP contribution in [-0.2, 0) is 17.9 Å².